The first-order chi connectivity index (χ1) is 16.0. The number of rotatable bonds is 11. The average Bonchev–Trinajstić information content (AvgIpc) is 2.78. The van der Waals surface area contributed by atoms with Crippen molar-refractivity contribution in [2.24, 2.45) is 0 Å². The molecule has 7 nitrogen and oxygen atoms in total. The standard InChI is InChI=1S/C23H28Cl3N3O4S/c1-4-13-27-23(31)19(5-2)28(14-16-9-6-7-10-17(16)24)21(30)15-29(34(3,32)33)20-12-8-11-18(25)22(20)26/h6-12,19H,4-5,13-15H2,1-3H3,(H,27,31). The molecule has 1 unspecified atom stereocenters. The van der Waals surface area contributed by atoms with Gasteiger partial charge in [0, 0.05) is 18.1 Å². The molecule has 2 rings (SSSR count). The number of amides is 2. The summed E-state index contributed by atoms with van der Waals surface area (Å²) in [5.74, 6) is -0.906. The molecule has 2 amide bonds. The first kappa shape index (κ1) is 28.2. The van der Waals surface area contributed by atoms with Crippen LogP contribution in [0.25, 0.3) is 0 Å². The Labute approximate surface area is 216 Å². The van der Waals surface area contributed by atoms with Gasteiger partial charge in [-0.3, -0.25) is 13.9 Å². The Balaban J connectivity index is 2.48. The van der Waals surface area contributed by atoms with E-state index in [1.165, 1.54) is 17.0 Å². The molecule has 0 aromatic heterocycles. The summed E-state index contributed by atoms with van der Waals surface area (Å²) < 4.78 is 26.2. The summed E-state index contributed by atoms with van der Waals surface area (Å²) >= 11 is 18.7. The number of benzene rings is 2. The van der Waals surface area contributed by atoms with Crippen molar-refractivity contribution in [3.63, 3.8) is 0 Å². The third kappa shape index (κ3) is 7.25. The van der Waals surface area contributed by atoms with E-state index in [0.717, 1.165) is 17.0 Å². The number of anilines is 1. The third-order valence-corrected chi connectivity index (χ3v) is 7.42. The third-order valence-electron chi connectivity index (χ3n) is 5.11. The highest BCUT2D eigenvalue weighted by molar-refractivity contribution is 7.92. The number of hydrogen-bond acceptors (Lipinski definition) is 4. The van der Waals surface area contributed by atoms with Gasteiger partial charge in [-0.25, -0.2) is 8.42 Å². The molecule has 0 saturated heterocycles. The van der Waals surface area contributed by atoms with Gasteiger partial charge in [-0.2, -0.15) is 0 Å². The number of hydrogen-bond donors (Lipinski definition) is 1. The van der Waals surface area contributed by atoms with E-state index in [2.05, 4.69) is 5.32 Å². The zero-order valence-electron chi connectivity index (χ0n) is 19.2. The summed E-state index contributed by atoms with van der Waals surface area (Å²) in [5.41, 5.74) is 0.706. The van der Waals surface area contributed by atoms with Gasteiger partial charge in [0.1, 0.15) is 12.6 Å². The van der Waals surface area contributed by atoms with E-state index in [4.69, 9.17) is 34.8 Å². The first-order valence-corrected chi connectivity index (χ1v) is 13.7. The molecule has 1 atom stereocenters. The summed E-state index contributed by atoms with van der Waals surface area (Å²) in [4.78, 5) is 27.8. The highest BCUT2D eigenvalue weighted by Crippen LogP contribution is 2.34. The molecule has 11 heteroatoms. The lowest BCUT2D eigenvalue weighted by molar-refractivity contribution is -0.140. The summed E-state index contributed by atoms with van der Waals surface area (Å²) in [7, 11) is -3.92. The van der Waals surface area contributed by atoms with Crippen molar-refractivity contribution in [3.8, 4) is 0 Å². The van der Waals surface area contributed by atoms with E-state index in [0.29, 0.717) is 23.6 Å². The molecule has 0 aliphatic heterocycles. The van der Waals surface area contributed by atoms with Crippen LogP contribution in [0.1, 0.15) is 32.3 Å². The summed E-state index contributed by atoms with van der Waals surface area (Å²) in [6, 6.07) is 10.7. The predicted molar refractivity (Wildman–Crippen MR) is 138 cm³/mol. The fraction of sp³-hybridized carbons (Fsp3) is 0.391. The minimum atomic E-state index is -3.92. The van der Waals surface area contributed by atoms with E-state index in [1.807, 2.05) is 6.92 Å². The van der Waals surface area contributed by atoms with Gasteiger partial charge in [0.05, 0.1) is 22.0 Å². The molecule has 0 bridgehead atoms. The second-order valence-corrected chi connectivity index (χ2v) is 10.8. The Morgan fingerprint density at radius 1 is 1.00 bits per heavy atom. The Hall–Kier alpha value is -2.00. The monoisotopic (exact) mass is 547 g/mol. The number of nitrogens with one attached hydrogen (secondary N) is 1. The largest absolute Gasteiger partial charge is 0.354 e. The normalized spacial score (nSPS) is 12.2. The zero-order valence-corrected chi connectivity index (χ0v) is 22.3. The van der Waals surface area contributed by atoms with Gasteiger partial charge in [-0.1, -0.05) is 72.9 Å². The van der Waals surface area contributed by atoms with E-state index >= 15 is 0 Å². The summed E-state index contributed by atoms with van der Waals surface area (Å²) in [6.45, 7) is 3.62. The molecule has 0 fully saturated rings. The maximum atomic E-state index is 13.6. The number of halogens is 3. The molecule has 0 radical (unpaired) electrons. The first-order valence-electron chi connectivity index (χ1n) is 10.7. The molecule has 2 aromatic rings. The fourth-order valence-electron chi connectivity index (χ4n) is 3.38. The smallest absolute Gasteiger partial charge is 0.244 e. The molecular formula is C23H28Cl3N3O4S. The predicted octanol–water partition coefficient (Wildman–Crippen LogP) is 4.75. The van der Waals surface area contributed by atoms with E-state index in [9.17, 15) is 18.0 Å². The minimum absolute atomic E-state index is 0.00720. The van der Waals surface area contributed by atoms with Crippen molar-refractivity contribution < 1.29 is 18.0 Å². The van der Waals surface area contributed by atoms with Crippen LogP contribution in [0.2, 0.25) is 15.1 Å². The van der Waals surface area contributed by atoms with Gasteiger partial charge < -0.3 is 10.2 Å². The average molecular weight is 549 g/mol. The molecule has 0 heterocycles. The van der Waals surface area contributed by atoms with Crippen LogP contribution in [0.15, 0.2) is 42.5 Å². The van der Waals surface area contributed by atoms with Crippen LogP contribution in [0.3, 0.4) is 0 Å². The van der Waals surface area contributed by atoms with Gasteiger partial charge in [-0.15, -0.1) is 0 Å². The molecule has 34 heavy (non-hydrogen) atoms. The zero-order chi connectivity index (χ0) is 25.5. The highest BCUT2D eigenvalue weighted by atomic mass is 35.5. The molecule has 1 N–H and O–H groups in total. The number of carbonyl (C=O) groups excluding carboxylic acids is 2. The van der Waals surface area contributed by atoms with Crippen LogP contribution in [0, 0.1) is 0 Å². The molecule has 0 aliphatic rings. The maximum Gasteiger partial charge on any atom is 0.244 e. The van der Waals surface area contributed by atoms with Gasteiger partial charge in [-0.05, 0) is 36.6 Å². The van der Waals surface area contributed by atoms with Gasteiger partial charge >= 0.3 is 0 Å². The van der Waals surface area contributed by atoms with Crippen molar-refractivity contribution in [1.82, 2.24) is 10.2 Å². The van der Waals surface area contributed by atoms with Gasteiger partial charge in [0.2, 0.25) is 21.8 Å². The van der Waals surface area contributed by atoms with Crippen molar-refractivity contribution >= 4 is 62.3 Å². The number of nitrogens with zero attached hydrogens (tertiary/aromatic N) is 2. The number of carbonyl (C=O) groups is 2. The molecule has 0 saturated carbocycles. The Kier molecular flexibility index (Phi) is 10.5. The van der Waals surface area contributed by atoms with Crippen LogP contribution < -0.4 is 9.62 Å². The van der Waals surface area contributed by atoms with Gasteiger partial charge in [0.15, 0.2) is 0 Å². The van der Waals surface area contributed by atoms with Crippen molar-refractivity contribution in [1.29, 1.82) is 0 Å². The highest BCUT2D eigenvalue weighted by Gasteiger charge is 2.32. The molecular weight excluding hydrogens is 521 g/mol. The van der Waals surface area contributed by atoms with E-state index in [1.54, 1.807) is 37.3 Å². The van der Waals surface area contributed by atoms with Crippen LogP contribution in [-0.2, 0) is 26.2 Å². The molecule has 0 aliphatic carbocycles. The topological polar surface area (TPSA) is 86.8 Å². The van der Waals surface area contributed by atoms with Crippen molar-refractivity contribution in [3.05, 3.63) is 63.1 Å². The quantitative estimate of drug-likeness (QED) is 0.439. The van der Waals surface area contributed by atoms with E-state index < -0.39 is 28.5 Å². The minimum Gasteiger partial charge on any atom is -0.354 e. The lowest BCUT2D eigenvalue weighted by Crippen LogP contribution is -2.52. The van der Waals surface area contributed by atoms with Crippen LogP contribution in [0.4, 0.5) is 5.69 Å². The Morgan fingerprint density at radius 2 is 1.65 bits per heavy atom. The van der Waals surface area contributed by atoms with Crippen molar-refractivity contribution in [2.75, 3.05) is 23.7 Å². The van der Waals surface area contributed by atoms with Gasteiger partial charge in [0.25, 0.3) is 0 Å². The number of sulfonamides is 1. The summed E-state index contributed by atoms with van der Waals surface area (Å²) in [6.07, 6.45) is 2.03. The van der Waals surface area contributed by atoms with Crippen LogP contribution in [-0.4, -0.2) is 50.5 Å². The van der Waals surface area contributed by atoms with E-state index in [-0.39, 0.29) is 28.2 Å². The van der Waals surface area contributed by atoms with Crippen molar-refractivity contribution in [2.45, 2.75) is 39.3 Å². The molecule has 2 aromatic carbocycles. The Bertz CT molecular complexity index is 1130. The fourth-order valence-corrected chi connectivity index (χ4v) is 4.87. The summed E-state index contributed by atoms with van der Waals surface area (Å²) in [5, 5.41) is 3.41. The maximum absolute atomic E-state index is 13.6. The van der Waals surface area contributed by atoms with Crippen LogP contribution >= 0.6 is 34.8 Å². The molecule has 0 spiro atoms. The second kappa shape index (κ2) is 12.6. The lowest BCUT2D eigenvalue weighted by Gasteiger charge is -2.33. The lowest BCUT2D eigenvalue weighted by atomic mass is 10.1. The second-order valence-electron chi connectivity index (χ2n) is 7.67. The molecule has 186 valence electrons. The SMILES string of the molecule is CCCNC(=O)C(CC)N(Cc1ccccc1Cl)C(=O)CN(c1cccc(Cl)c1Cl)S(C)(=O)=O. The van der Waals surface area contributed by atoms with Crippen LogP contribution in [0.5, 0.6) is 0 Å². The Morgan fingerprint density at radius 3 is 2.24 bits per heavy atom.